The van der Waals surface area contributed by atoms with E-state index < -0.39 is 0 Å². The Morgan fingerprint density at radius 1 is 1.29 bits per heavy atom. The van der Waals surface area contributed by atoms with Crippen LogP contribution in [0.5, 0.6) is 0 Å². The first-order valence-corrected chi connectivity index (χ1v) is 6.93. The molecule has 6 nitrogen and oxygen atoms in total. The van der Waals surface area contributed by atoms with E-state index in [1.807, 2.05) is 13.8 Å². The fourth-order valence-electron chi connectivity index (χ4n) is 2.66. The summed E-state index contributed by atoms with van der Waals surface area (Å²) in [5.41, 5.74) is 1.96. The summed E-state index contributed by atoms with van der Waals surface area (Å²) >= 11 is 0. The number of pyridine rings is 1. The van der Waals surface area contributed by atoms with Crippen LogP contribution >= 0.6 is 0 Å². The van der Waals surface area contributed by atoms with Crippen LogP contribution in [0, 0.1) is 0 Å². The summed E-state index contributed by atoms with van der Waals surface area (Å²) in [6, 6.07) is 1.71. The second kappa shape index (κ2) is 5.65. The average molecular weight is 287 g/mol. The van der Waals surface area contributed by atoms with Gasteiger partial charge in [0.2, 0.25) is 5.89 Å². The third-order valence-corrected chi connectivity index (χ3v) is 3.45. The molecule has 3 rings (SSSR count). The van der Waals surface area contributed by atoms with Gasteiger partial charge in [0.25, 0.3) is 0 Å². The van der Waals surface area contributed by atoms with Crippen LogP contribution in [0.4, 0.5) is 5.69 Å². The van der Waals surface area contributed by atoms with Gasteiger partial charge in [-0.1, -0.05) is 0 Å². The van der Waals surface area contributed by atoms with Gasteiger partial charge in [-0.25, -0.2) is 9.97 Å². The lowest BCUT2D eigenvalue weighted by Gasteiger charge is -2.37. The van der Waals surface area contributed by atoms with Crippen molar-refractivity contribution in [3.8, 4) is 11.6 Å². The molecule has 3 heterocycles. The van der Waals surface area contributed by atoms with Gasteiger partial charge in [0.15, 0.2) is 6.29 Å². The van der Waals surface area contributed by atoms with Gasteiger partial charge in [0.1, 0.15) is 12.0 Å². The highest BCUT2D eigenvalue weighted by molar-refractivity contribution is 5.86. The van der Waals surface area contributed by atoms with Crippen molar-refractivity contribution >= 4 is 12.0 Å². The van der Waals surface area contributed by atoms with Gasteiger partial charge in [-0.3, -0.25) is 4.79 Å². The summed E-state index contributed by atoms with van der Waals surface area (Å²) < 4.78 is 10.9. The quantitative estimate of drug-likeness (QED) is 0.806. The van der Waals surface area contributed by atoms with Gasteiger partial charge in [-0.05, 0) is 19.9 Å². The predicted octanol–water partition coefficient (Wildman–Crippen LogP) is 2.16. The lowest BCUT2D eigenvalue weighted by Crippen LogP contribution is -2.45. The smallest absolute Gasteiger partial charge is 0.245 e. The largest absolute Gasteiger partial charge is 0.443 e. The first-order valence-electron chi connectivity index (χ1n) is 6.93. The SMILES string of the molecule is C[C@@H]1CN(c2cnc(-c3ncco3)cc2C=O)C[C@H](C)O1. The van der Waals surface area contributed by atoms with Gasteiger partial charge in [0.05, 0.1) is 30.3 Å². The fraction of sp³-hybridized carbons (Fsp3) is 0.400. The van der Waals surface area contributed by atoms with E-state index in [0.29, 0.717) is 17.1 Å². The molecule has 0 saturated carbocycles. The normalized spacial score (nSPS) is 22.3. The Labute approximate surface area is 122 Å². The molecule has 0 amide bonds. The number of hydrogen-bond acceptors (Lipinski definition) is 6. The summed E-state index contributed by atoms with van der Waals surface area (Å²) in [6.45, 7) is 5.53. The molecule has 6 heteroatoms. The highest BCUT2D eigenvalue weighted by atomic mass is 16.5. The molecule has 2 aromatic heterocycles. The minimum absolute atomic E-state index is 0.125. The number of aldehydes is 1. The van der Waals surface area contributed by atoms with Crippen molar-refractivity contribution in [3.05, 3.63) is 30.3 Å². The first kappa shape index (κ1) is 13.8. The van der Waals surface area contributed by atoms with Gasteiger partial charge in [-0.2, -0.15) is 0 Å². The number of carbonyl (C=O) groups excluding carboxylic acids is 1. The van der Waals surface area contributed by atoms with Crippen LogP contribution in [0.25, 0.3) is 11.6 Å². The maximum Gasteiger partial charge on any atom is 0.245 e. The van der Waals surface area contributed by atoms with Crippen LogP contribution in [0.1, 0.15) is 24.2 Å². The van der Waals surface area contributed by atoms with Crippen LogP contribution < -0.4 is 4.90 Å². The van der Waals surface area contributed by atoms with Crippen molar-refractivity contribution in [1.29, 1.82) is 0 Å². The lowest BCUT2D eigenvalue weighted by atomic mass is 10.1. The number of aromatic nitrogens is 2. The molecule has 1 aliphatic rings. The van der Waals surface area contributed by atoms with Gasteiger partial charge in [-0.15, -0.1) is 0 Å². The van der Waals surface area contributed by atoms with Crippen molar-refractivity contribution in [2.24, 2.45) is 0 Å². The molecule has 110 valence electrons. The highest BCUT2D eigenvalue weighted by Crippen LogP contribution is 2.26. The number of rotatable bonds is 3. The number of anilines is 1. The molecule has 0 aliphatic carbocycles. The number of hydrogen-bond donors (Lipinski definition) is 0. The van der Waals surface area contributed by atoms with Crippen LogP contribution in [-0.2, 0) is 4.74 Å². The lowest BCUT2D eigenvalue weighted by molar-refractivity contribution is -0.00527. The Hall–Kier alpha value is -2.21. The molecule has 1 saturated heterocycles. The van der Waals surface area contributed by atoms with E-state index in [-0.39, 0.29) is 12.2 Å². The second-order valence-corrected chi connectivity index (χ2v) is 5.25. The minimum Gasteiger partial charge on any atom is -0.443 e. The highest BCUT2D eigenvalue weighted by Gasteiger charge is 2.24. The standard InChI is InChI=1S/C15H17N3O3/c1-10-7-18(8-11(2)21-10)14-6-17-13(5-12(14)9-19)15-16-3-4-20-15/h3-6,9-11H,7-8H2,1-2H3/t10-,11+. The van der Waals surface area contributed by atoms with E-state index in [0.717, 1.165) is 25.1 Å². The fourth-order valence-corrected chi connectivity index (χ4v) is 2.66. The maximum absolute atomic E-state index is 11.4. The Kier molecular flexibility index (Phi) is 3.70. The predicted molar refractivity (Wildman–Crippen MR) is 77.3 cm³/mol. The van der Waals surface area contributed by atoms with Crippen LogP contribution in [0.2, 0.25) is 0 Å². The topological polar surface area (TPSA) is 68.5 Å². The zero-order valence-corrected chi connectivity index (χ0v) is 12.0. The molecule has 0 spiro atoms. The molecular weight excluding hydrogens is 270 g/mol. The summed E-state index contributed by atoms with van der Waals surface area (Å²) in [4.78, 5) is 22.0. The Morgan fingerprint density at radius 2 is 2.05 bits per heavy atom. The molecule has 0 N–H and O–H groups in total. The van der Waals surface area contributed by atoms with Crippen LogP contribution in [-0.4, -0.2) is 41.6 Å². The number of ether oxygens (including phenoxy) is 1. The van der Waals surface area contributed by atoms with Crippen molar-refractivity contribution in [1.82, 2.24) is 9.97 Å². The number of morpholine rings is 1. The average Bonchev–Trinajstić information content (AvgIpc) is 2.99. The van der Waals surface area contributed by atoms with E-state index in [2.05, 4.69) is 14.9 Å². The van der Waals surface area contributed by atoms with E-state index in [1.165, 1.54) is 6.26 Å². The van der Waals surface area contributed by atoms with Crippen molar-refractivity contribution in [2.75, 3.05) is 18.0 Å². The van der Waals surface area contributed by atoms with Gasteiger partial charge in [0, 0.05) is 18.7 Å². The number of oxazole rings is 1. The van der Waals surface area contributed by atoms with Gasteiger partial charge < -0.3 is 14.1 Å². The Balaban J connectivity index is 1.94. The number of nitrogens with zero attached hydrogens (tertiary/aromatic N) is 3. The Bertz CT molecular complexity index is 617. The Morgan fingerprint density at radius 3 is 2.67 bits per heavy atom. The molecule has 0 unspecified atom stereocenters. The summed E-state index contributed by atoms with van der Waals surface area (Å²) in [7, 11) is 0. The third kappa shape index (κ3) is 2.80. The second-order valence-electron chi connectivity index (χ2n) is 5.25. The van der Waals surface area contributed by atoms with E-state index in [9.17, 15) is 4.79 Å². The van der Waals surface area contributed by atoms with Crippen LogP contribution in [0.15, 0.2) is 29.1 Å². The molecule has 0 radical (unpaired) electrons. The molecule has 0 bridgehead atoms. The molecule has 2 aromatic rings. The summed E-state index contributed by atoms with van der Waals surface area (Å²) in [6.07, 6.45) is 5.83. The van der Waals surface area contributed by atoms with Crippen LogP contribution in [0.3, 0.4) is 0 Å². The van der Waals surface area contributed by atoms with E-state index in [4.69, 9.17) is 9.15 Å². The molecule has 1 aliphatic heterocycles. The monoisotopic (exact) mass is 287 g/mol. The number of carbonyl (C=O) groups is 1. The van der Waals surface area contributed by atoms with E-state index >= 15 is 0 Å². The van der Waals surface area contributed by atoms with E-state index in [1.54, 1.807) is 18.5 Å². The molecule has 1 fully saturated rings. The van der Waals surface area contributed by atoms with Gasteiger partial charge >= 0.3 is 0 Å². The summed E-state index contributed by atoms with van der Waals surface area (Å²) in [5.74, 6) is 0.411. The molecule has 21 heavy (non-hydrogen) atoms. The molecular formula is C15H17N3O3. The summed E-state index contributed by atoms with van der Waals surface area (Å²) in [5, 5.41) is 0. The van der Waals surface area contributed by atoms with Crippen molar-refractivity contribution in [2.45, 2.75) is 26.1 Å². The zero-order chi connectivity index (χ0) is 14.8. The van der Waals surface area contributed by atoms with Crippen molar-refractivity contribution < 1.29 is 13.9 Å². The maximum atomic E-state index is 11.4. The third-order valence-electron chi connectivity index (χ3n) is 3.45. The van der Waals surface area contributed by atoms with Crippen molar-refractivity contribution in [3.63, 3.8) is 0 Å². The molecule has 2 atom stereocenters. The zero-order valence-electron chi connectivity index (χ0n) is 12.0. The minimum atomic E-state index is 0.125. The molecule has 0 aromatic carbocycles. The first-order chi connectivity index (χ1) is 10.2.